The zero-order valence-corrected chi connectivity index (χ0v) is 17.8. The van der Waals surface area contributed by atoms with Gasteiger partial charge in [0.2, 0.25) is 0 Å². The monoisotopic (exact) mass is 431 g/mol. The number of nitrogens with one attached hydrogen (secondary N) is 4. The topological polar surface area (TPSA) is 95.6 Å². The second kappa shape index (κ2) is 9.13. The Morgan fingerprint density at radius 3 is 2.94 bits per heavy atom. The highest BCUT2D eigenvalue weighted by Gasteiger charge is 2.21. The molecule has 5 rings (SSSR count). The lowest BCUT2D eigenvalue weighted by molar-refractivity contribution is 0.146. The van der Waals surface area contributed by atoms with Gasteiger partial charge < -0.3 is 25.5 Å². The van der Waals surface area contributed by atoms with Crippen molar-refractivity contribution in [3.8, 4) is 5.75 Å². The number of pyridine rings is 2. The number of benzene rings is 1. The summed E-state index contributed by atoms with van der Waals surface area (Å²) in [4.78, 5) is 9.15. The van der Waals surface area contributed by atoms with Crippen LogP contribution in [0.4, 0.5) is 28.8 Å². The number of hydrazine groups is 2. The summed E-state index contributed by atoms with van der Waals surface area (Å²) < 4.78 is 10.7. The first-order valence-electron chi connectivity index (χ1n) is 10.5. The summed E-state index contributed by atoms with van der Waals surface area (Å²) in [5.74, 6) is 2.89. The molecular formula is C23H25N7O2. The number of hydrogen-bond acceptors (Lipinski definition) is 9. The number of methoxy groups -OCH3 is 1. The first kappa shape index (κ1) is 20.1. The number of nitrogens with zero attached hydrogens (tertiary/aromatic N) is 3. The van der Waals surface area contributed by atoms with Crippen molar-refractivity contribution >= 4 is 34.9 Å². The van der Waals surface area contributed by atoms with Gasteiger partial charge in [-0.1, -0.05) is 18.2 Å². The molecule has 0 bridgehead atoms. The molecule has 2 aliphatic heterocycles. The van der Waals surface area contributed by atoms with Crippen LogP contribution in [0.2, 0.25) is 0 Å². The van der Waals surface area contributed by atoms with E-state index in [0.29, 0.717) is 31.4 Å². The van der Waals surface area contributed by atoms with Crippen molar-refractivity contribution in [3.63, 3.8) is 0 Å². The number of rotatable bonds is 8. The standard InChI is InChI=1S/C23H25N7O2/c1-31-11-12-32-18-8-10-25-22(14-18)26-21-7-6-20-23(27-21)30(29-28-20)15-16-4-5-19-17(13-16)3-2-9-24-19/h2-8,10,13-14,24,28-29H,9,11-12,15H2,1H3,(H,25,26,27). The Labute approximate surface area is 186 Å². The minimum absolute atomic E-state index is 0.484. The highest BCUT2D eigenvalue weighted by Crippen LogP contribution is 2.31. The Hall–Kier alpha value is -3.82. The minimum atomic E-state index is 0.484. The van der Waals surface area contributed by atoms with Crippen LogP contribution in [0, 0.1) is 0 Å². The van der Waals surface area contributed by atoms with E-state index in [1.54, 1.807) is 13.3 Å². The molecule has 2 aromatic heterocycles. The van der Waals surface area contributed by atoms with Gasteiger partial charge in [0.25, 0.3) is 0 Å². The van der Waals surface area contributed by atoms with Gasteiger partial charge in [-0.15, -0.1) is 5.53 Å². The van der Waals surface area contributed by atoms with Gasteiger partial charge in [-0.05, 0) is 41.5 Å². The lowest BCUT2D eigenvalue weighted by Crippen LogP contribution is -2.35. The Morgan fingerprint density at radius 2 is 2.00 bits per heavy atom. The highest BCUT2D eigenvalue weighted by molar-refractivity contribution is 5.73. The molecule has 4 heterocycles. The fourth-order valence-corrected chi connectivity index (χ4v) is 3.61. The van der Waals surface area contributed by atoms with Gasteiger partial charge in [-0.3, -0.25) is 5.01 Å². The summed E-state index contributed by atoms with van der Waals surface area (Å²) >= 11 is 0. The number of hydrogen-bond donors (Lipinski definition) is 4. The Bertz CT molecular complexity index is 1140. The molecule has 0 atom stereocenters. The lowest BCUT2D eigenvalue weighted by atomic mass is 10.1. The van der Waals surface area contributed by atoms with Crippen LogP contribution in [-0.2, 0) is 11.3 Å². The average molecular weight is 432 g/mol. The van der Waals surface area contributed by atoms with Crippen molar-refractivity contribution in [1.29, 1.82) is 0 Å². The SMILES string of the molecule is COCCOc1ccnc(Nc2ccc3c(n2)N(Cc2ccc4c(c2)C=CCN4)NN3)c1. The second-order valence-corrected chi connectivity index (χ2v) is 7.44. The third kappa shape index (κ3) is 4.43. The molecule has 32 heavy (non-hydrogen) atoms. The van der Waals surface area contributed by atoms with Crippen molar-refractivity contribution in [2.75, 3.05) is 47.9 Å². The van der Waals surface area contributed by atoms with E-state index in [2.05, 4.69) is 56.9 Å². The van der Waals surface area contributed by atoms with E-state index in [-0.39, 0.29) is 0 Å². The molecule has 3 aromatic rings. The van der Waals surface area contributed by atoms with Crippen molar-refractivity contribution in [1.82, 2.24) is 15.5 Å². The summed E-state index contributed by atoms with van der Waals surface area (Å²) in [6, 6.07) is 14.0. The van der Waals surface area contributed by atoms with Gasteiger partial charge in [0, 0.05) is 31.6 Å². The maximum Gasteiger partial charge on any atom is 0.171 e. The third-order valence-electron chi connectivity index (χ3n) is 5.16. The molecule has 164 valence electrons. The predicted octanol–water partition coefficient (Wildman–Crippen LogP) is 3.54. The van der Waals surface area contributed by atoms with Crippen LogP contribution in [0.1, 0.15) is 11.1 Å². The molecule has 0 unspecified atom stereocenters. The first-order chi connectivity index (χ1) is 15.8. The van der Waals surface area contributed by atoms with E-state index >= 15 is 0 Å². The normalized spacial score (nSPS) is 13.7. The van der Waals surface area contributed by atoms with Crippen molar-refractivity contribution in [2.45, 2.75) is 6.54 Å². The van der Waals surface area contributed by atoms with Crippen molar-refractivity contribution in [3.05, 3.63) is 65.9 Å². The zero-order valence-electron chi connectivity index (χ0n) is 17.8. The molecule has 0 fully saturated rings. The molecule has 0 spiro atoms. The summed E-state index contributed by atoms with van der Waals surface area (Å²) in [6.45, 7) is 2.55. The maximum atomic E-state index is 5.66. The highest BCUT2D eigenvalue weighted by atomic mass is 16.5. The Kier molecular flexibility index (Phi) is 5.73. The van der Waals surface area contributed by atoms with Crippen LogP contribution in [0.25, 0.3) is 6.08 Å². The summed E-state index contributed by atoms with van der Waals surface area (Å²) in [6.07, 6.45) is 5.98. The van der Waals surface area contributed by atoms with Crippen LogP contribution in [0.3, 0.4) is 0 Å². The van der Waals surface area contributed by atoms with Gasteiger partial charge in [-0.25, -0.2) is 9.97 Å². The fourth-order valence-electron chi connectivity index (χ4n) is 3.61. The van der Waals surface area contributed by atoms with Gasteiger partial charge >= 0.3 is 0 Å². The molecule has 4 N–H and O–H groups in total. The van der Waals surface area contributed by atoms with E-state index in [9.17, 15) is 0 Å². The molecule has 0 saturated carbocycles. The van der Waals surface area contributed by atoms with E-state index in [0.717, 1.165) is 29.5 Å². The van der Waals surface area contributed by atoms with Crippen LogP contribution >= 0.6 is 0 Å². The maximum absolute atomic E-state index is 5.66. The number of aromatic nitrogens is 2. The molecule has 9 nitrogen and oxygen atoms in total. The predicted molar refractivity (Wildman–Crippen MR) is 126 cm³/mol. The molecule has 9 heteroatoms. The summed E-state index contributed by atoms with van der Waals surface area (Å²) in [5, 5.41) is 8.62. The number of ether oxygens (including phenoxy) is 2. The molecule has 0 amide bonds. The van der Waals surface area contributed by atoms with E-state index in [1.165, 1.54) is 11.1 Å². The molecule has 1 aromatic carbocycles. The van der Waals surface area contributed by atoms with Gasteiger partial charge in [0.15, 0.2) is 5.82 Å². The molecule has 0 aliphatic carbocycles. The number of anilines is 5. The van der Waals surface area contributed by atoms with Gasteiger partial charge in [0.05, 0.1) is 18.8 Å². The zero-order chi connectivity index (χ0) is 21.8. The van der Waals surface area contributed by atoms with Crippen LogP contribution in [0.15, 0.2) is 54.7 Å². The van der Waals surface area contributed by atoms with Crippen LogP contribution < -0.4 is 31.3 Å². The quantitative estimate of drug-likeness (QED) is 0.400. The summed E-state index contributed by atoms with van der Waals surface area (Å²) in [5.41, 5.74) is 10.8. The van der Waals surface area contributed by atoms with Crippen LogP contribution in [-0.4, -0.2) is 36.8 Å². The third-order valence-corrected chi connectivity index (χ3v) is 5.16. The fraction of sp³-hybridized carbons (Fsp3) is 0.217. The van der Waals surface area contributed by atoms with Crippen molar-refractivity contribution in [2.24, 2.45) is 0 Å². The van der Waals surface area contributed by atoms with E-state index in [4.69, 9.17) is 14.5 Å². The Morgan fingerprint density at radius 1 is 1.06 bits per heavy atom. The lowest BCUT2D eigenvalue weighted by Gasteiger charge is -2.19. The van der Waals surface area contributed by atoms with Gasteiger partial charge in [0.1, 0.15) is 24.0 Å². The van der Waals surface area contributed by atoms with E-state index in [1.807, 2.05) is 29.3 Å². The first-order valence-corrected chi connectivity index (χ1v) is 10.5. The Balaban J connectivity index is 1.30. The molecular weight excluding hydrogens is 406 g/mol. The smallest absolute Gasteiger partial charge is 0.171 e. The summed E-state index contributed by atoms with van der Waals surface area (Å²) in [7, 11) is 1.65. The molecule has 0 saturated heterocycles. The van der Waals surface area contributed by atoms with E-state index < -0.39 is 0 Å². The molecule has 2 aliphatic rings. The number of fused-ring (bicyclic) bond motifs is 2. The van der Waals surface area contributed by atoms with Gasteiger partial charge in [-0.2, -0.15) is 0 Å². The largest absolute Gasteiger partial charge is 0.491 e. The average Bonchev–Trinajstić information content (AvgIpc) is 3.21. The van der Waals surface area contributed by atoms with Crippen molar-refractivity contribution < 1.29 is 9.47 Å². The minimum Gasteiger partial charge on any atom is -0.491 e. The van der Waals surface area contributed by atoms with Crippen LogP contribution in [0.5, 0.6) is 5.75 Å². The second-order valence-electron chi connectivity index (χ2n) is 7.44. The molecule has 0 radical (unpaired) electrons.